The van der Waals surface area contributed by atoms with Crippen LogP contribution in [0.4, 0.5) is 0 Å². The number of hydrogen-bond donors (Lipinski definition) is 0. The van der Waals surface area contributed by atoms with E-state index in [1.54, 1.807) is 0 Å². The highest BCUT2D eigenvalue weighted by molar-refractivity contribution is 5.58. The van der Waals surface area contributed by atoms with Gasteiger partial charge < -0.3 is 4.74 Å². The highest BCUT2D eigenvalue weighted by atomic mass is 16.5. The Morgan fingerprint density at radius 1 is 1.40 bits per heavy atom. The Bertz CT molecular complexity index is 467. The lowest BCUT2D eigenvalue weighted by Crippen LogP contribution is -2.17. The molecule has 0 saturated carbocycles. The number of nitriles is 1. The fourth-order valence-electron chi connectivity index (χ4n) is 2.95. The van der Waals surface area contributed by atoms with Crippen molar-refractivity contribution in [1.29, 1.82) is 5.26 Å². The van der Waals surface area contributed by atoms with Crippen molar-refractivity contribution in [1.82, 2.24) is 0 Å². The molecule has 1 aromatic rings. The van der Waals surface area contributed by atoms with Crippen LogP contribution in [0, 0.1) is 11.5 Å². The van der Waals surface area contributed by atoms with Crippen LogP contribution in [-0.2, 0) is 19.3 Å². The minimum atomic E-state index is 0.564. The van der Waals surface area contributed by atoms with E-state index in [-0.39, 0.29) is 0 Å². The van der Waals surface area contributed by atoms with Gasteiger partial charge in [-0.15, -0.1) is 5.26 Å². The lowest BCUT2D eigenvalue weighted by atomic mass is 9.76. The molecular formula is C13H13NO. The summed E-state index contributed by atoms with van der Waals surface area (Å²) in [6.07, 6.45) is 6.41. The molecule has 0 bridgehead atoms. The molecule has 2 nitrogen and oxygen atoms in total. The lowest BCUT2D eigenvalue weighted by molar-refractivity contribution is 0.475. The first kappa shape index (κ1) is 8.79. The van der Waals surface area contributed by atoms with Crippen LogP contribution in [0.15, 0.2) is 6.07 Å². The third kappa shape index (κ3) is 1.10. The first-order chi connectivity index (χ1) is 7.31. The van der Waals surface area contributed by atoms with Gasteiger partial charge in [0.15, 0.2) is 0 Å². The van der Waals surface area contributed by atoms with Crippen molar-refractivity contribution < 1.29 is 4.74 Å². The highest BCUT2D eigenvalue weighted by Gasteiger charge is 2.31. The van der Waals surface area contributed by atoms with Crippen molar-refractivity contribution in [3.05, 3.63) is 28.3 Å². The second kappa shape index (κ2) is 3.00. The van der Waals surface area contributed by atoms with Gasteiger partial charge in [-0.05, 0) is 48.3 Å². The summed E-state index contributed by atoms with van der Waals surface area (Å²) in [4.78, 5) is 0. The first-order valence-electron chi connectivity index (χ1n) is 5.54. The van der Waals surface area contributed by atoms with Gasteiger partial charge in [0.05, 0.1) is 0 Å². The standard InChI is InChI=1S/C13H13NO/c1-8-5-10-6-9-3-2-4-11(9)13(12(8)10)15-7-14/h6,8H,2-5H2,1H3/t8-/m1/s1. The summed E-state index contributed by atoms with van der Waals surface area (Å²) in [5.74, 6) is 1.45. The number of rotatable bonds is 1. The molecule has 0 amide bonds. The SMILES string of the molecule is C[C@@H]1Cc2cc3c(c(OC#N)c21)CCC3. The maximum Gasteiger partial charge on any atom is 0.292 e. The molecule has 1 atom stereocenters. The lowest BCUT2D eigenvalue weighted by Gasteiger charge is -2.30. The molecule has 2 aliphatic rings. The largest absolute Gasteiger partial charge is 0.387 e. The van der Waals surface area contributed by atoms with Crippen molar-refractivity contribution >= 4 is 0 Å². The number of aryl methyl sites for hydroxylation is 1. The Morgan fingerprint density at radius 2 is 2.27 bits per heavy atom. The van der Waals surface area contributed by atoms with E-state index in [9.17, 15) is 0 Å². The molecule has 0 radical (unpaired) electrons. The summed E-state index contributed by atoms with van der Waals surface area (Å²) in [5, 5.41) is 8.70. The molecule has 0 unspecified atom stereocenters. The predicted molar refractivity (Wildman–Crippen MR) is 56.8 cm³/mol. The summed E-state index contributed by atoms with van der Waals surface area (Å²) >= 11 is 0. The summed E-state index contributed by atoms with van der Waals surface area (Å²) in [5.41, 5.74) is 5.39. The van der Waals surface area contributed by atoms with Crippen molar-refractivity contribution in [2.24, 2.45) is 0 Å². The highest BCUT2D eigenvalue weighted by Crippen LogP contribution is 2.46. The van der Waals surface area contributed by atoms with Gasteiger partial charge in [-0.2, -0.15) is 0 Å². The van der Waals surface area contributed by atoms with Crippen LogP contribution < -0.4 is 4.74 Å². The minimum Gasteiger partial charge on any atom is -0.387 e. The fraction of sp³-hybridized carbons (Fsp3) is 0.462. The van der Waals surface area contributed by atoms with Crippen LogP contribution in [-0.4, -0.2) is 0 Å². The van der Waals surface area contributed by atoms with Crippen molar-refractivity contribution in [3.63, 3.8) is 0 Å². The zero-order valence-corrected chi connectivity index (χ0v) is 8.84. The van der Waals surface area contributed by atoms with E-state index in [2.05, 4.69) is 13.0 Å². The zero-order chi connectivity index (χ0) is 10.4. The van der Waals surface area contributed by atoms with E-state index in [1.807, 2.05) is 6.26 Å². The Hall–Kier alpha value is -1.49. The third-order valence-corrected chi connectivity index (χ3v) is 3.64. The van der Waals surface area contributed by atoms with Crippen molar-refractivity contribution in [3.8, 4) is 12.0 Å². The molecule has 0 fully saturated rings. The predicted octanol–water partition coefficient (Wildman–Crippen LogP) is 2.69. The van der Waals surface area contributed by atoms with Gasteiger partial charge in [-0.3, -0.25) is 0 Å². The molecule has 0 N–H and O–H groups in total. The van der Waals surface area contributed by atoms with Crippen LogP contribution in [0.5, 0.6) is 5.75 Å². The molecular weight excluding hydrogens is 186 g/mol. The number of benzene rings is 1. The molecule has 3 rings (SSSR count). The second-order valence-electron chi connectivity index (χ2n) is 4.57. The van der Waals surface area contributed by atoms with E-state index in [1.165, 1.54) is 28.7 Å². The van der Waals surface area contributed by atoms with Crippen LogP contribution in [0.25, 0.3) is 0 Å². The van der Waals surface area contributed by atoms with Gasteiger partial charge in [0.2, 0.25) is 0 Å². The average Bonchev–Trinajstić information content (AvgIpc) is 2.64. The zero-order valence-electron chi connectivity index (χ0n) is 8.84. The molecule has 2 aliphatic carbocycles. The van der Waals surface area contributed by atoms with E-state index >= 15 is 0 Å². The molecule has 76 valence electrons. The van der Waals surface area contributed by atoms with E-state index < -0.39 is 0 Å². The van der Waals surface area contributed by atoms with Crippen LogP contribution in [0.3, 0.4) is 0 Å². The van der Waals surface area contributed by atoms with E-state index in [0.29, 0.717) is 5.92 Å². The summed E-state index contributed by atoms with van der Waals surface area (Å²) < 4.78 is 5.19. The van der Waals surface area contributed by atoms with Crippen molar-refractivity contribution in [2.75, 3.05) is 0 Å². The topological polar surface area (TPSA) is 33.0 Å². The van der Waals surface area contributed by atoms with Gasteiger partial charge in [-0.25, -0.2) is 0 Å². The number of fused-ring (bicyclic) bond motifs is 2. The molecule has 0 aromatic heterocycles. The maximum atomic E-state index is 8.70. The van der Waals surface area contributed by atoms with Gasteiger partial charge in [0.1, 0.15) is 5.75 Å². The molecule has 0 aliphatic heterocycles. The Labute approximate surface area is 89.5 Å². The third-order valence-electron chi connectivity index (χ3n) is 3.64. The Balaban J connectivity index is 2.20. The van der Waals surface area contributed by atoms with E-state index in [0.717, 1.165) is 25.0 Å². The quantitative estimate of drug-likeness (QED) is 0.651. The molecule has 15 heavy (non-hydrogen) atoms. The summed E-state index contributed by atoms with van der Waals surface area (Å²) in [6, 6.07) is 2.32. The number of hydrogen-bond acceptors (Lipinski definition) is 2. The molecule has 0 spiro atoms. The van der Waals surface area contributed by atoms with Crippen LogP contribution >= 0.6 is 0 Å². The second-order valence-corrected chi connectivity index (χ2v) is 4.57. The first-order valence-corrected chi connectivity index (χ1v) is 5.54. The molecule has 0 heterocycles. The van der Waals surface area contributed by atoms with Crippen LogP contribution in [0.2, 0.25) is 0 Å². The Kier molecular flexibility index (Phi) is 1.76. The number of ether oxygens (including phenoxy) is 1. The minimum absolute atomic E-state index is 0.564. The molecule has 2 heteroatoms. The van der Waals surface area contributed by atoms with Gasteiger partial charge in [0, 0.05) is 5.56 Å². The van der Waals surface area contributed by atoms with Crippen molar-refractivity contribution in [2.45, 2.75) is 38.5 Å². The molecule has 1 aromatic carbocycles. The summed E-state index contributed by atoms with van der Waals surface area (Å²) in [6.45, 7) is 2.20. The monoisotopic (exact) mass is 199 g/mol. The normalized spacial score (nSPS) is 21.2. The van der Waals surface area contributed by atoms with Gasteiger partial charge in [-0.1, -0.05) is 13.0 Å². The van der Waals surface area contributed by atoms with Gasteiger partial charge in [0.25, 0.3) is 6.26 Å². The number of nitrogens with zero attached hydrogens (tertiary/aromatic N) is 1. The van der Waals surface area contributed by atoms with Crippen LogP contribution in [0.1, 0.15) is 41.5 Å². The molecule has 0 saturated heterocycles. The fourth-order valence-corrected chi connectivity index (χ4v) is 2.95. The van der Waals surface area contributed by atoms with E-state index in [4.69, 9.17) is 10.00 Å². The summed E-state index contributed by atoms with van der Waals surface area (Å²) in [7, 11) is 0. The average molecular weight is 199 g/mol. The van der Waals surface area contributed by atoms with Gasteiger partial charge >= 0.3 is 0 Å². The Morgan fingerprint density at radius 3 is 3.00 bits per heavy atom. The smallest absolute Gasteiger partial charge is 0.292 e. The maximum absolute atomic E-state index is 8.70.